The summed E-state index contributed by atoms with van der Waals surface area (Å²) < 4.78 is 0. The van der Waals surface area contributed by atoms with E-state index in [9.17, 15) is 4.79 Å². The van der Waals surface area contributed by atoms with Crippen LogP contribution in [0.2, 0.25) is 0 Å². The maximum Gasteiger partial charge on any atom is 0.163 e. The lowest BCUT2D eigenvalue weighted by Crippen LogP contribution is -2.15. The Morgan fingerprint density at radius 3 is 2.59 bits per heavy atom. The van der Waals surface area contributed by atoms with Crippen LogP contribution < -0.4 is 5.73 Å². The van der Waals surface area contributed by atoms with Crippen LogP contribution in [-0.2, 0) is 0 Å². The van der Waals surface area contributed by atoms with E-state index in [0.29, 0.717) is 13.0 Å². The normalized spacial score (nSPS) is 12.6. The molecule has 2 aromatic rings. The third kappa shape index (κ3) is 2.71. The molecule has 0 aliphatic carbocycles. The van der Waals surface area contributed by atoms with E-state index in [0.717, 1.165) is 16.3 Å². The number of carbonyl (C=O) groups excluding carboxylic acids is 1. The molecule has 2 N–H and O–H groups in total. The first-order valence-electron chi connectivity index (χ1n) is 5.93. The van der Waals surface area contributed by atoms with Crippen LogP contribution >= 0.6 is 0 Å². The molecule has 0 heterocycles. The summed E-state index contributed by atoms with van der Waals surface area (Å²) in [6.07, 6.45) is 0.523. The first kappa shape index (κ1) is 11.8. The summed E-state index contributed by atoms with van der Waals surface area (Å²) >= 11 is 0. The highest BCUT2D eigenvalue weighted by atomic mass is 16.1. The molecule has 0 radical (unpaired) electrons. The van der Waals surface area contributed by atoms with Crippen LogP contribution in [0, 0.1) is 5.92 Å². The Morgan fingerprint density at radius 2 is 1.88 bits per heavy atom. The molecule has 0 saturated carbocycles. The number of hydrogen-bond acceptors (Lipinski definition) is 2. The third-order valence-electron chi connectivity index (χ3n) is 3.01. The molecule has 2 nitrogen and oxygen atoms in total. The number of fused-ring (bicyclic) bond motifs is 1. The van der Waals surface area contributed by atoms with E-state index >= 15 is 0 Å². The molecule has 1 atom stereocenters. The van der Waals surface area contributed by atoms with Crippen LogP contribution in [0.25, 0.3) is 10.8 Å². The summed E-state index contributed by atoms with van der Waals surface area (Å²) in [5.74, 6) is 0.419. The second kappa shape index (κ2) is 5.11. The smallest absolute Gasteiger partial charge is 0.163 e. The van der Waals surface area contributed by atoms with Gasteiger partial charge in [0.15, 0.2) is 5.78 Å². The van der Waals surface area contributed by atoms with E-state index in [1.165, 1.54) is 0 Å². The molecule has 17 heavy (non-hydrogen) atoms. The maximum absolute atomic E-state index is 12.0. The Bertz CT molecular complexity index is 533. The molecule has 0 aliphatic heterocycles. The summed E-state index contributed by atoms with van der Waals surface area (Å²) in [5.41, 5.74) is 6.32. The quantitative estimate of drug-likeness (QED) is 0.816. The van der Waals surface area contributed by atoms with Crippen molar-refractivity contribution in [2.45, 2.75) is 13.3 Å². The van der Waals surface area contributed by atoms with Crippen molar-refractivity contribution in [3.63, 3.8) is 0 Å². The zero-order valence-electron chi connectivity index (χ0n) is 10.0. The molecule has 0 bridgehead atoms. The Balaban J connectivity index is 2.27. The first-order chi connectivity index (χ1) is 8.20. The Hall–Kier alpha value is -1.67. The van der Waals surface area contributed by atoms with Crippen molar-refractivity contribution in [1.29, 1.82) is 0 Å². The molecule has 0 fully saturated rings. The van der Waals surface area contributed by atoms with Crippen molar-refractivity contribution in [3.8, 4) is 0 Å². The van der Waals surface area contributed by atoms with E-state index in [1.807, 2.05) is 49.4 Å². The molecule has 2 rings (SSSR count). The summed E-state index contributed by atoms with van der Waals surface area (Å²) in [6.45, 7) is 2.55. The number of ketones is 1. The molecule has 0 amide bonds. The predicted octanol–water partition coefficient (Wildman–Crippen LogP) is 3.01. The largest absolute Gasteiger partial charge is 0.330 e. The molecule has 88 valence electrons. The van der Waals surface area contributed by atoms with Gasteiger partial charge >= 0.3 is 0 Å². The minimum Gasteiger partial charge on any atom is -0.330 e. The Morgan fingerprint density at radius 1 is 1.18 bits per heavy atom. The van der Waals surface area contributed by atoms with Crippen LogP contribution in [0.5, 0.6) is 0 Å². The van der Waals surface area contributed by atoms with Crippen LogP contribution in [0.4, 0.5) is 0 Å². The summed E-state index contributed by atoms with van der Waals surface area (Å²) in [6, 6.07) is 13.9. The van der Waals surface area contributed by atoms with Gasteiger partial charge in [0.2, 0.25) is 0 Å². The SMILES string of the molecule is CC(CN)CC(=O)c1ccc2ccccc2c1. The van der Waals surface area contributed by atoms with E-state index in [4.69, 9.17) is 5.73 Å². The molecule has 2 aromatic carbocycles. The number of nitrogens with two attached hydrogens (primary N) is 1. The van der Waals surface area contributed by atoms with Gasteiger partial charge in [0, 0.05) is 12.0 Å². The zero-order chi connectivity index (χ0) is 12.3. The van der Waals surface area contributed by atoms with Gasteiger partial charge in [0.25, 0.3) is 0 Å². The van der Waals surface area contributed by atoms with Crippen LogP contribution in [0.1, 0.15) is 23.7 Å². The molecule has 0 saturated heterocycles. The van der Waals surface area contributed by atoms with Crippen LogP contribution in [0.15, 0.2) is 42.5 Å². The van der Waals surface area contributed by atoms with Gasteiger partial charge in [0.05, 0.1) is 0 Å². The highest BCUT2D eigenvalue weighted by molar-refractivity contribution is 6.00. The lowest BCUT2D eigenvalue weighted by Gasteiger charge is -2.07. The van der Waals surface area contributed by atoms with Crippen LogP contribution in [0.3, 0.4) is 0 Å². The standard InChI is InChI=1S/C15H17NO/c1-11(10-16)8-15(17)14-7-6-12-4-2-3-5-13(12)9-14/h2-7,9,11H,8,10,16H2,1H3. The predicted molar refractivity (Wildman–Crippen MR) is 71.1 cm³/mol. The van der Waals surface area contributed by atoms with Gasteiger partial charge in [-0.15, -0.1) is 0 Å². The molecule has 1 unspecified atom stereocenters. The minimum atomic E-state index is 0.175. The number of carbonyl (C=O) groups is 1. The van der Waals surface area contributed by atoms with Gasteiger partial charge in [-0.2, -0.15) is 0 Å². The number of benzene rings is 2. The molecule has 2 heteroatoms. The summed E-state index contributed by atoms with van der Waals surface area (Å²) in [7, 11) is 0. The average molecular weight is 227 g/mol. The van der Waals surface area contributed by atoms with E-state index in [1.54, 1.807) is 0 Å². The lowest BCUT2D eigenvalue weighted by atomic mass is 9.98. The minimum absolute atomic E-state index is 0.175. The number of rotatable bonds is 4. The maximum atomic E-state index is 12.0. The summed E-state index contributed by atoms with van der Waals surface area (Å²) in [4.78, 5) is 12.0. The third-order valence-corrected chi connectivity index (χ3v) is 3.01. The highest BCUT2D eigenvalue weighted by Gasteiger charge is 2.10. The fourth-order valence-corrected chi connectivity index (χ4v) is 1.88. The van der Waals surface area contributed by atoms with Crippen molar-refractivity contribution in [3.05, 3.63) is 48.0 Å². The second-order valence-electron chi connectivity index (χ2n) is 4.53. The van der Waals surface area contributed by atoms with Gasteiger partial charge in [-0.25, -0.2) is 0 Å². The monoisotopic (exact) mass is 227 g/mol. The fraction of sp³-hybridized carbons (Fsp3) is 0.267. The van der Waals surface area contributed by atoms with Gasteiger partial charge in [0.1, 0.15) is 0 Å². The Labute approximate surface area is 101 Å². The average Bonchev–Trinajstić information content (AvgIpc) is 2.38. The van der Waals surface area contributed by atoms with Gasteiger partial charge < -0.3 is 5.73 Å². The zero-order valence-corrected chi connectivity index (χ0v) is 10.0. The Kier molecular flexibility index (Phi) is 3.55. The van der Waals surface area contributed by atoms with E-state index < -0.39 is 0 Å². The molecule has 0 spiro atoms. The number of Topliss-reactive ketones (excluding diaryl/α,β-unsaturated/α-hetero) is 1. The second-order valence-corrected chi connectivity index (χ2v) is 4.53. The molecular formula is C15H17NO. The molecule has 0 aromatic heterocycles. The fourth-order valence-electron chi connectivity index (χ4n) is 1.88. The van der Waals surface area contributed by atoms with Crippen molar-refractivity contribution in [1.82, 2.24) is 0 Å². The molecule has 0 aliphatic rings. The summed E-state index contributed by atoms with van der Waals surface area (Å²) in [5, 5.41) is 2.27. The van der Waals surface area contributed by atoms with Gasteiger partial charge in [-0.1, -0.05) is 43.3 Å². The molecular weight excluding hydrogens is 210 g/mol. The highest BCUT2D eigenvalue weighted by Crippen LogP contribution is 2.17. The van der Waals surface area contributed by atoms with Crippen molar-refractivity contribution < 1.29 is 4.79 Å². The van der Waals surface area contributed by atoms with E-state index in [2.05, 4.69) is 0 Å². The first-order valence-corrected chi connectivity index (χ1v) is 5.93. The number of hydrogen-bond donors (Lipinski definition) is 1. The van der Waals surface area contributed by atoms with Gasteiger partial charge in [-0.3, -0.25) is 4.79 Å². The van der Waals surface area contributed by atoms with Crippen molar-refractivity contribution in [2.75, 3.05) is 6.54 Å². The van der Waals surface area contributed by atoms with Gasteiger partial charge in [-0.05, 0) is 29.3 Å². The van der Waals surface area contributed by atoms with Crippen molar-refractivity contribution >= 4 is 16.6 Å². The topological polar surface area (TPSA) is 43.1 Å². The van der Waals surface area contributed by atoms with Crippen LogP contribution in [-0.4, -0.2) is 12.3 Å². The van der Waals surface area contributed by atoms with Crippen molar-refractivity contribution in [2.24, 2.45) is 11.7 Å². The van der Waals surface area contributed by atoms with E-state index in [-0.39, 0.29) is 11.7 Å². The lowest BCUT2D eigenvalue weighted by molar-refractivity contribution is 0.0966.